The first-order chi connectivity index (χ1) is 12.1. The molecule has 0 saturated heterocycles. The first-order valence-corrected chi connectivity index (χ1v) is 8.05. The molecule has 0 aromatic heterocycles. The summed E-state index contributed by atoms with van der Waals surface area (Å²) in [6, 6.07) is 0. The molecule has 0 saturated carbocycles. The molecule has 2 heterocycles. The number of imide groups is 1. The molecule has 2 rings (SSSR count). The van der Waals surface area contributed by atoms with Gasteiger partial charge in [-0.2, -0.15) is 0 Å². The molecule has 0 atom stereocenters. The van der Waals surface area contributed by atoms with Crippen LogP contribution in [0, 0.1) is 0 Å². The predicted molar refractivity (Wildman–Crippen MR) is 88.3 cm³/mol. The van der Waals surface area contributed by atoms with Crippen LogP contribution in [0.15, 0.2) is 36.6 Å². The zero-order valence-corrected chi connectivity index (χ0v) is 14.0. The molecule has 0 radical (unpaired) electrons. The van der Waals surface area contributed by atoms with Crippen LogP contribution in [0.2, 0.25) is 0 Å². The molecular formula is C17H22N2O6. The van der Waals surface area contributed by atoms with Crippen molar-refractivity contribution in [3.63, 3.8) is 0 Å². The summed E-state index contributed by atoms with van der Waals surface area (Å²) in [7, 11) is 0. The quantitative estimate of drug-likeness (QED) is 0.360. The Hall–Kier alpha value is -2.29. The average molecular weight is 350 g/mol. The van der Waals surface area contributed by atoms with Crippen molar-refractivity contribution in [2.24, 2.45) is 0 Å². The summed E-state index contributed by atoms with van der Waals surface area (Å²) in [4.78, 5) is 36.7. The van der Waals surface area contributed by atoms with Crippen LogP contribution in [0.3, 0.4) is 0 Å². The van der Waals surface area contributed by atoms with E-state index >= 15 is 0 Å². The van der Waals surface area contributed by atoms with Crippen molar-refractivity contribution < 1.29 is 28.6 Å². The van der Waals surface area contributed by atoms with Crippen molar-refractivity contribution in [3.05, 3.63) is 36.6 Å². The van der Waals surface area contributed by atoms with Crippen molar-refractivity contribution in [1.82, 2.24) is 9.80 Å². The third-order valence-corrected chi connectivity index (χ3v) is 3.59. The van der Waals surface area contributed by atoms with Gasteiger partial charge in [0.05, 0.1) is 46.2 Å². The highest BCUT2D eigenvalue weighted by atomic mass is 16.5. The number of carbonyl (C=O) groups is 3. The number of rotatable bonds is 12. The van der Waals surface area contributed by atoms with Gasteiger partial charge in [-0.25, -0.2) is 0 Å². The lowest BCUT2D eigenvalue weighted by Gasteiger charge is -2.17. The van der Waals surface area contributed by atoms with Crippen LogP contribution in [0.4, 0.5) is 0 Å². The van der Waals surface area contributed by atoms with Gasteiger partial charge in [-0.15, -0.1) is 0 Å². The number of ether oxygens (including phenoxy) is 3. The van der Waals surface area contributed by atoms with E-state index in [1.54, 1.807) is 11.0 Å². The molecule has 8 nitrogen and oxygen atoms in total. The molecule has 2 aliphatic rings. The van der Waals surface area contributed by atoms with E-state index in [1.165, 1.54) is 18.2 Å². The number of hydrogen-bond donors (Lipinski definition) is 0. The van der Waals surface area contributed by atoms with Gasteiger partial charge in [0.25, 0.3) is 17.7 Å². The highest BCUT2D eigenvalue weighted by Crippen LogP contribution is 2.11. The van der Waals surface area contributed by atoms with Crippen LogP contribution in [0.5, 0.6) is 0 Å². The van der Waals surface area contributed by atoms with Crippen LogP contribution in [0.1, 0.15) is 0 Å². The average Bonchev–Trinajstić information content (AvgIpc) is 3.08. The largest absolute Gasteiger partial charge is 0.377 e. The van der Waals surface area contributed by atoms with E-state index in [9.17, 15) is 14.4 Å². The summed E-state index contributed by atoms with van der Waals surface area (Å²) in [5, 5.41) is 0. The van der Waals surface area contributed by atoms with Crippen LogP contribution >= 0.6 is 0 Å². The summed E-state index contributed by atoms with van der Waals surface area (Å²) in [5.41, 5.74) is 0.676. The predicted octanol–water partition coefficient (Wildman–Crippen LogP) is -0.127. The number of allylic oxidation sites excluding steroid dienone is 1. The molecule has 136 valence electrons. The van der Waals surface area contributed by atoms with E-state index < -0.39 is 0 Å². The third-order valence-electron chi connectivity index (χ3n) is 3.59. The maximum absolute atomic E-state index is 11.4. The van der Waals surface area contributed by atoms with Gasteiger partial charge in [0.1, 0.15) is 0 Å². The molecule has 0 aliphatic carbocycles. The lowest BCUT2D eigenvalue weighted by molar-refractivity contribution is -0.137. The fraction of sp³-hybridized carbons (Fsp3) is 0.471. The Bertz CT molecular complexity index is 498. The van der Waals surface area contributed by atoms with Crippen molar-refractivity contribution in [2.45, 2.75) is 0 Å². The molecule has 0 aromatic carbocycles. The van der Waals surface area contributed by atoms with Gasteiger partial charge in [-0.3, -0.25) is 19.3 Å². The van der Waals surface area contributed by atoms with Crippen molar-refractivity contribution >= 4 is 17.7 Å². The Balaban J connectivity index is 1.37. The minimum Gasteiger partial charge on any atom is -0.377 e. The fourth-order valence-electron chi connectivity index (χ4n) is 2.25. The topological polar surface area (TPSA) is 85.4 Å². The molecule has 0 fully saturated rings. The molecule has 25 heavy (non-hydrogen) atoms. The van der Waals surface area contributed by atoms with Gasteiger partial charge in [0, 0.05) is 30.5 Å². The maximum atomic E-state index is 11.4. The van der Waals surface area contributed by atoms with Crippen LogP contribution in [-0.4, -0.2) is 80.3 Å². The summed E-state index contributed by atoms with van der Waals surface area (Å²) in [5.74, 6) is -0.691. The third kappa shape index (κ3) is 5.93. The number of nitrogens with zero attached hydrogens (tertiary/aromatic N) is 2. The van der Waals surface area contributed by atoms with E-state index in [0.29, 0.717) is 45.3 Å². The van der Waals surface area contributed by atoms with Gasteiger partial charge in [-0.05, 0) is 6.08 Å². The molecular weight excluding hydrogens is 328 g/mol. The fourth-order valence-corrected chi connectivity index (χ4v) is 2.25. The zero-order valence-electron chi connectivity index (χ0n) is 14.0. The number of hydrogen-bond acceptors (Lipinski definition) is 6. The second kappa shape index (κ2) is 9.87. The first kappa shape index (κ1) is 19.0. The lowest BCUT2D eigenvalue weighted by Crippen LogP contribution is -2.33. The molecule has 0 bridgehead atoms. The zero-order chi connectivity index (χ0) is 18.1. The van der Waals surface area contributed by atoms with E-state index in [4.69, 9.17) is 14.2 Å². The minimum absolute atomic E-state index is 0.0740. The van der Waals surface area contributed by atoms with Gasteiger partial charge in [-0.1, -0.05) is 6.58 Å². The molecule has 8 heteroatoms. The standard InChI is InChI=1S/C17H22N2O6/c1-14-2-3-15(20)18(14)6-8-23-10-12-25-13-11-24-9-7-19-16(21)4-5-17(19)22/h2-5H,1,6-13H2. The van der Waals surface area contributed by atoms with E-state index in [2.05, 4.69) is 6.58 Å². The van der Waals surface area contributed by atoms with Crippen molar-refractivity contribution in [3.8, 4) is 0 Å². The summed E-state index contributed by atoms with van der Waals surface area (Å²) in [6.07, 6.45) is 5.66. The Labute approximate surface area is 146 Å². The van der Waals surface area contributed by atoms with E-state index in [1.807, 2.05) is 0 Å². The van der Waals surface area contributed by atoms with Crippen LogP contribution < -0.4 is 0 Å². The second-order valence-electron chi connectivity index (χ2n) is 5.31. The van der Waals surface area contributed by atoms with Crippen molar-refractivity contribution in [1.29, 1.82) is 0 Å². The summed E-state index contributed by atoms with van der Waals surface area (Å²) >= 11 is 0. The van der Waals surface area contributed by atoms with Gasteiger partial charge in [0.15, 0.2) is 0 Å². The Morgan fingerprint density at radius 1 is 0.640 bits per heavy atom. The molecule has 0 aromatic rings. The first-order valence-electron chi connectivity index (χ1n) is 8.05. The monoisotopic (exact) mass is 350 g/mol. The molecule has 2 aliphatic heterocycles. The van der Waals surface area contributed by atoms with E-state index in [0.717, 1.165) is 4.90 Å². The van der Waals surface area contributed by atoms with Crippen molar-refractivity contribution in [2.75, 3.05) is 52.7 Å². The van der Waals surface area contributed by atoms with Crippen LogP contribution in [0.25, 0.3) is 0 Å². The van der Waals surface area contributed by atoms with Gasteiger partial charge < -0.3 is 19.1 Å². The number of carbonyl (C=O) groups excluding carboxylic acids is 3. The smallest absolute Gasteiger partial charge is 0.253 e. The molecule has 0 unspecified atom stereocenters. The maximum Gasteiger partial charge on any atom is 0.253 e. The molecule has 0 N–H and O–H groups in total. The summed E-state index contributed by atoms with van der Waals surface area (Å²) < 4.78 is 16.0. The Morgan fingerprint density at radius 2 is 1.04 bits per heavy atom. The van der Waals surface area contributed by atoms with Gasteiger partial charge >= 0.3 is 0 Å². The SMILES string of the molecule is C=C1C=CC(=O)N1CCOCCOCCOCCN1C(=O)C=CC1=O. The Morgan fingerprint density at radius 3 is 1.52 bits per heavy atom. The van der Waals surface area contributed by atoms with E-state index in [-0.39, 0.29) is 30.9 Å². The Kier molecular flexibility index (Phi) is 7.52. The van der Waals surface area contributed by atoms with Gasteiger partial charge in [0.2, 0.25) is 0 Å². The normalized spacial score (nSPS) is 16.8. The molecule has 3 amide bonds. The summed E-state index contributed by atoms with van der Waals surface area (Å²) in [6.45, 7) is 6.78. The minimum atomic E-state index is -0.308. The highest BCUT2D eigenvalue weighted by Gasteiger charge is 2.22. The van der Waals surface area contributed by atoms with Crippen LogP contribution in [-0.2, 0) is 28.6 Å². The lowest BCUT2D eigenvalue weighted by atomic mass is 10.4. The number of amides is 3. The molecule has 0 spiro atoms. The highest BCUT2D eigenvalue weighted by molar-refractivity contribution is 6.12. The second-order valence-corrected chi connectivity index (χ2v) is 5.31.